The van der Waals surface area contributed by atoms with E-state index in [0.29, 0.717) is 11.5 Å². The fourth-order valence-electron chi connectivity index (χ4n) is 1.96. The molecule has 3 heterocycles. The molecule has 0 amide bonds. The maximum atomic E-state index is 5.42. The van der Waals surface area contributed by atoms with Crippen LogP contribution in [0, 0.1) is 6.92 Å². The molecule has 102 valence electrons. The Kier molecular flexibility index (Phi) is 2.78. The van der Waals surface area contributed by atoms with Gasteiger partial charge in [-0.3, -0.25) is 4.98 Å². The van der Waals surface area contributed by atoms with E-state index in [9.17, 15) is 0 Å². The van der Waals surface area contributed by atoms with Crippen molar-refractivity contribution in [2.75, 3.05) is 0 Å². The number of hydrogen-bond donors (Lipinski definition) is 0. The van der Waals surface area contributed by atoms with Gasteiger partial charge in [-0.1, -0.05) is 20.8 Å². The third-order valence-electron chi connectivity index (χ3n) is 3.00. The zero-order valence-corrected chi connectivity index (χ0v) is 12.0. The number of pyridine rings is 1. The molecule has 3 rings (SSSR count). The molecule has 0 fully saturated rings. The van der Waals surface area contributed by atoms with E-state index in [0.717, 1.165) is 22.6 Å². The number of hydrogen-bond acceptors (Lipinski definition) is 5. The molecule has 0 saturated heterocycles. The van der Waals surface area contributed by atoms with Gasteiger partial charge in [0, 0.05) is 30.3 Å². The zero-order chi connectivity index (χ0) is 14.3. The van der Waals surface area contributed by atoms with Gasteiger partial charge >= 0.3 is 0 Å². The highest BCUT2D eigenvalue weighted by Crippen LogP contribution is 2.23. The van der Waals surface area contributed by atoms with Gasteiger partial charge < -0.3 is 4.42 Å². The Morgan fingerprint density at radius 3 is 2.35 bits per heavy atom. The number of fused-ring (bicyclic) bond motifs is 1. The Morgan fingerprint density at radius 2 is 1.70 bits per heavy atom. The molecule has 0 radical (unpaired) electrons. The quantitative estimate of drug-likeness (QED) is 0.677. The number of aromatic nitrogens is 4. The Labute approximate surface area is 117 Å². The van der Waals surface area contributed by atoms with E-state index in [1.165, 1.54) is 0 Å². The molecular formula is C15H16N4O. The van der Waals surface area contributed by atoms with Crippen molar-refractivity contribution in [3.8, 4) is 11.3 Å². The van der Waals surface area contributed by atoms with E-state index >= 15 is 0 Å². The Balaban J connectivity index is 2.02. The second-order valence-electron chi connectivity index (χ2n) is 5.82. The Bertz CT molecular complexity index is 754. The van der Waals surface area contributed by atoms with Crippen molar-refractivity contribution < 1.29 is 4.42 Å². The standard InChI is InChI=1S/C15H16N4O/c1-9-19-12-5-11(16-8-13(12)20-9)10-6-17-14(18-7-10)15(2,3)4/h5-8H,1-4H3. The molecule has 0 saturated carbocycles. The molecule has 0 atom stereocenters. The highest BCUT2D eigenvalue weighted by atomic mass is 16.3. The molecule has 3 aromatic heterocycles. The minimum Gasteiger partial charge on any atom is -0.439 e. The molecule has 0 unspecified atom stereocenters. The summed E-state index contributed by atoms with van der Waals surface area (Å²) in [4.78, 5) is 17.5. The molecule has 0 spiro atoms. The van der Waals surface area contributed by atoms with Gasteiger partial charge in [-0.2, -0.15) is 0 Å². The van der Waals surface area contributed by atoms with Crippen molar-refractivity contribution >= 4 is 11.1 Å². The van der Waals surface area contributed by atoms with Crippen LogP contribution in [0.4, 0.5) is 0 Å². The van der Waals surface area contributed by atoms with Crippen LogP contribution < -0.4 is 0 Å². The normalized spacial score (nSPS) is 12.0. The van der Waals surface area contributed by atoms with Crippen molar-refractivity contribution in [2.24, 2.45) is 0 Å². The summed E-state index contributed by atoms with van der Waals surface area (Å²) in [5, 5.41) is 0. The van der Waals surface area contributed by atoms with Gasteiger partial charge in [0.2, 0.25) is 0 Å². The highest BCUT2D eigenvalue weighted by Gasteiger charge is 2.17. The van der Waals surface area contributed by atoms with Gasteiger partial charge in [-0.15, -0.1) is 0 Å². The molecule has 5 heteroatoms. The predicted molar refractivity (Wildman–Crippen MR) is 76.3 cm³/mol. The van der Waals surface area contributed by atoms with E-state index in [1.54, 1.807) is 18.6 Å². The van der Waals surface area contributed by atoms with Crippen LogP contribution in [-0.2, 0) is 5.41 Å². The molecule has 0 aliphatic carbocycles. The van der Waals surface area contributed by atoms with Crippen LogP contribution in [0.5, 0.6) is 0 Å². The first kappa shape index (κ1) is 12.7. The summed E-state index contributed by atoms with van der Waals surface area (Å²) in [6, 6.07) is 1.89. The minimum atomic E-state index is -0.0564. The average molecular weight is 268 g/mol. The Morgan fingerprint density at radius 1 is 1.00 bits per heavy atom. The number of nitrogens with zero attached hydrogens (tertiary/aromatic N) is 4. The van der Waals surface area contributed by atoms with Crippen molar-refractivity contribution in [3.63, 3.8) is 0 Å². The van der Waals surface area contributed by atoms with E-state index < -0.39 is 0 Å². The predicted octanol–water partition coefficient (Wildman–Crippen LogP) is 3.29. The molecule has 0 aromatic carbocycles. The van der Waals surface area contributed by atoms with Crippen LogP contribution in [-0.4, -0.2) is 19.9 Å². The molecule has 20 heavy (non-hydrogen) atoms. The summed E-state index contributed by atoms with van der Waals surface area (Å²) in [6.45, 7) is 8.08. The second kappa shape index (κ2) is 4.37. The fourth-order valence-corrected chi connectivity index (χ4v) is 1.96. The summed E-state index contributed by atoms with van der Waals surface area (Å²) < 4.78 is 5.42. The van der Waals surface area contributed by atoms with Crippen molar-refractivity contribution in [1.29, 1.82) is 0 Å². The molecule has 0 aliphatic heterocycles. The summed E-state index contributed by atoms with van der Waals surface area (Å²) in [5.74, 6) is 1.46. The molecule has 0 bridgehead atoms. The summed E-state index contributed by atoms with van der Waals surface area (Å²) in [7, 11) is 0. The van der Waals surface area contributed by atoms with Crippen LogP contribution in [0.2, 0.25) is 0 Å². The third-order valence-corrected chi connectivity index (χ3v) is 3.00. The summed E-state index contributed by atoms with van der Waals surface area (Å²) >= 11 is 0. The molecule has 0 N–H and O–H groups in total. The number of aryl methyl sites for hydroxylation is 1. The van der Waals surface area contributed by atoms with Gasteiger partial charge in [0.25, 0.3) is 0 Å². The van der Waals surface area contributed by atoms with Crippen LogP contribution in [0.3, 0.4) is 0 Å². The topological polar surface area (TPSA) is 64.7 Å². The number of rotatable bonds is 1. The lowest BCUT2D eigenvalue weighted by Gasteiger charge is -2.15. The Hall–Kier alpha value is -2.30. The molecule has 0 aliphatic rings. The first-order valence-corrected chi connectivity index (χ1v) is 6.49. The molecular weight excluding hydrogens is 252 g/mol. The van der Waals surface area contributed by atoms with E-state index in [4.69, 9.17) is 4.42 Å². The van der Waals surface area contributed by atoms with Crippen molar-refractivity contribution in [2.45, 2.75) is 33.1 Å². The maximum Gasteiger partial charge on any atom is 0.192 e. The molecule has 3 aromatic rings. The van der Waals surface area contributed by atoms with Crippen molar-refractivity contribution in [3.05, 3.63) is 36.4 Å². The van der Waals surface area contributed by atoms with E-state index in [2.05, 4.69) is 40.7 Å². The number of oxazole rings is 1. The smallest absolute Gasteiger partial charge is 0.192 e. The second-order valence-corrected chi connectivity index (χ2v) is 5.82. The first-order chi connectivity index (χ1) is 9.43. The fraction of sp³-hybridized carbons (Fsp3) is 0.333. The van der Waals surface area contributed by atoms with Gasteiger partial charge in [-0.05, 0) is 6.07 Å². The van der Waals surface area contributed by atoms with Crippen molar-refractivity contribution in [1.82, 2.24) is 19.9 Å². The monoisotopic (exact) mass is 268 g/mol. The van der Waals surface area contributed by atoms with E-state index in [-0.39, 0.29) is 5.41 Å². The van der Waals surface area contributed by atoms with Gasteiger partial charge in [-0.25, -0.2) is 15.0 Å². The van der Waals surface area contributed by atoms with Crippen LogP contribution in [0.15, 0.2) is 29.1 Å². The van der Waals surface area contributed by atoms with E-state index in [1.807, 2.05) is 13.0 Å². The highest BCUT2D eigenvalue weighted by molar-refractivity contribution is 5.76. The largest absolute Gasteiger partial charge is 0.439 e. The van der Waals surface area contributed by atoms with Gasteiger partial charge in [0.15, 0.2) is 11.5 Å². The molecule has 5 nitrogen and oxygen atoms in total. The van der Waals surface area contributed by atoms with Crippen LogP contribution in [0.25, 0.3) is 22.4 Å². The van der Waals surface area contributed by atoms with Gasteiger partial charge in [0.1, 0.15) is 11.3 Å². The average Bonchev–Trinajstić information content (AvgIpc) is 2.77. The zero-order valence-electron chi connectivity index (χ0n) is 12.0. The van der Waals surface area contributed by atoms with Gasteiger partial charge in [0.05, 0.1) is 11.9 Å². The summed E-state index contributed by atoms with van der Waals surface area (Å²) in [5.41, 5.74) is 3.11. The van der Waals surface area contributed by atoms with Crippen LogP contribution >= 0.6 is 0 Å². The lowest BCUT2D eigenvalue weighted by Crippen LogP contribution is -2.15. The maximum absolute atomic E-state index is 5.42. The SMILES string of the molecule is Cc1nc2cc(-c3cnc(C(C)(C)C)nc3)ncc2o1. The lowest BCUT2D eigenvalue weighted by molar-refractivity contribution is 0.545. The summed E-state index contributed by atoms with van der Waals surface area (Å²) in [6.07, 6.45) is 5.28. The first-order valence-electron chi connectivity index (χ1n) is 6.49. The van der Waals surface area contributed by atoms with Crippen LogP contribution in [0.1, 0.15) is 32.5 Å². The third kappa shape index (κ3) is 2.27. The lowest BCUT2D eigenvalue weighted by atomic mass is 9.96. The minimum absolute atomic E-state index is 0.0564.